The number of anilines is 1. The van der Waals surface area contributed by atoms with Crippen LogP contribution >= 0.6 is 34.9 Å². The van der Waals surface area contributed by atoms with E-state index in [-0.39, 0.29) is 11.8 Å². The van der Waals surface area contributed by atoms with E-state index in [4.69, 9.17) is 4.98 Å². The molecule has 2 aliphatic rings. The number of amides is 1. The minimum atomic E-state index is -3.55. The first kappa shape index (κ1) is 22.9. The van der Waals surface area contributed by atoms with Crippen LogP contribution in [0.4, 0.5) is 5.13 Å². The van der Waals surface area contributed by atoms with Crippen LogP contribution in [-0.2, 0) is 20.6 Å². The largest absolute Gasteiger partial charge is 0.302 e. The van der Waals surface area contributed by atoms with Crippen LogP contribution < -0.4 is 5.32 Å². The SMILES string of the molecule is CSc1ccc(S(=O)(=O)N2CCC(C(=O)Nc3nc4c(s3)CSc3ccccc3-4)CC2)cc1. The quantitative estimate of drug-likeness (QED) is 0.470. The molecule has 1 saturated heterocycles. The summed E-state index contributed by atoms with van der Waals surface area (Å²) >= 11 is 4.89. The van der Waals surface area contributed by atoms with E-state index in [9.17, 15) is 13.2 Å². The van der Waals surface area contributed by atoms with Crippen molar-refractivity contribution < 1.29 is 13.2 Å². The molecule has 3 aromatic rings. The molecule has 2 aromatic carbocycles. The van der Waals surface area contributed by atoms with Crippen LogP contribution in [0.15, 0.2) is 63.2 Å². The third-order valence-electron chi connectivity index (χ3n) is 5.95. The molecule has 172 valence electrons. The summed E-state index contributed by atoms with van der Waals surface area (Å²) in [5.74, 6) is 0.551. The lowest BCUT2D eigenvalue weighted by atomic mass is 9.97. The van der Waals surface area contributed by atoms with Gasteiger partial charge in [0.25, 0.3) is 0 Å². The third kappa shape index (κ3) is 4.59. The molecule has 2 aliphatic heterocycles. The van der Waals surface area contributed by atoms with Gasteiger partial charge >= 0.3 is 0 Å². The van der Waals surface area contributed by atoms with Crippen LogP contribution in [0, 0.1) is 5.92 Å². The maximum Gasteiger partial charge on any atom is 0.243 e. The Kier molecular flexibility index (Phi) is 6.54. The number of thiazole rings is 1. The molecule has 0 bridgehead atoms. The highest BCUT2D eigenvalue weighted by molar-refractivity contribution is 7.99. The number of nitrogens with zero attached hydrogens (tertiary/aromatic N) is 2. The van der Waals surface area contributed by atoms with Gasteiger partial charge in [0.15, 0.2) is 5.13 Å². The number of piperidine rings is 1. The lowest BCUT2D eigenvalue weighted by Crippen LogP contribution is -2.41. The molecule has 0 spiro atoms. The molecule has 0 atom stereocenters. The number of carbonyl (C=O) groups excluding carboxylic acids is 1. The van der Waals surface area contributed by atoms with Gasteiger partial charge in [0.05, 0.1) is 10.6 Å². The highest BCUT2D eigenvalue weighted by atomic mass is 32.2. The Bertz CT molecular complexity index is 1280. The van der Waals surface area contributed by atoms with Gasteiger partial charge in [-0.3, -0.25) is 4.79 Å². The number of thioether (sulfide) groups is 2. The van der Waals surface area contributed by atoms with Gasteiger partial charge in [-0.1, -0.05) is 18.2 Å². The van der Waals surface area contributed by atoms with E-state index >= 15 is 0 Å². The molecule has 0 radical (unpaired) electrons. The minimum absolute atomic E-state index is 0.0802. The summed E-state index contributed by atoms with van der Waals surface area (Å²) in [4.78, 5) is 21.3. The van der Waals surface area contributed by atoms with Crippen molar-refractivity contribution in [3.63, 3.8) is 0 Å². The Labute approximate surface area is 206 Å². The van der Waals surface area contributed by atoms with Crippen LogP contribution in [0.1, 0.15) is 17.7 Å². The molecule has 6 nitrogen and oxygen atoms in total. The molecule has 0 saturated carbocycles. The van der Waals surface area contributed by atoms with E-state index in [0.29, 0.717) is 36.0 Å². The first-order valence-electron chi connectivity index (χ1n) is 10.6. The van der Waals surface area contributed by atoms with Crippen LogP contribution in [0.3, 0.4) is 0 Å². The van der Waals surface area contributed by atoms with Gasteiger partial charge in [-0.2, -0.15) is 4.31 Å². The van der Waals surface area contributed by atoms with Crippen molar-refractivity contribution in [2.24, 2.45) is 5.92 Å². The van der Waals surface area contributed by atoms with Crippen molar-refractivity contribution in [2.45, 2.75) is 33.3 Å². The smallest absolute Gasteiger partial charge is 0.243 e. The predicted molar refractivity (Wildman–Crippen MR) is 135 cm³/mol. The van der Waals surface area contributed by atoms with Crippen LogP contribution in [0.25, 0.3) is 11.3 Å². The van der Waals surface area contributed by atoms with Gasteiger partial charge < -0.3 is 5.32 Å². The Morgan fingerprint density at radius 2 is 1.85 bits per heavy atom. The Morgan fingerprint density at radius 3 is 2.58 bits per heavy atom. The summed E-state index contributed by atoms with van der Waals surface area (Å²) in [5.41, 5.74) is 2.07. The average molecular weight is 518 g/mol. The summed E-state index contributed by atoms with van der Waals surface area (Å²) in [5, 5.41) is 3.60. The van der Waals surface area contributed by atoms with Crippen LogP contribution in [0.2, 0.25) is 0 Å². The summed E-state index contributed by atoms with van der Waals surface area (Å²) < 4.78 is 27.4. The first-order chi connectivity index (χ1) is 16.0. The number of benzene rings is 2. The van der Waals surface area contributed by atoms with E-state index in [1.165, 1.54) is 25.4 Å². The van der Waals surface area contributed by atoms with Crippen molar-refractivity contribution >= 4 is 55.9 Å². The van der Waals surface area contributed by atoms with Gasteiger partial charge in [-0.15, -0.1) is 34.9 Å². The number of fused-ring (bicyclic) bond motifs is 3. The number of hydrogen-bond acceptors (Lipinski definition) is 7. The normalized spacial score (nSPS) is 16.8. The van der Waals surface area contributed by atoms with Gasteiger partial charge in [-0.05, 0) is 49.4 Å². The lowest BCUT2D eigenvalue weighted by molar-refractivity contribution is -0.120. The number of hydrogen-bond donors (Lipinski definition) is 1. The standard InChI is InChI=1S/C23H23N3O3S4/c1-30-16-6-8-17(9-7-16)33(28,29)26-12-10-15(11-13-26)22(27)25-23-24-21-18-4-2-3-5-19(18)31-14-20(21)32-23/h2-9,15H,10-14H2,1H3,(H,24,25,27). The molecular weight excluding hydrogens is 495 g/mol. The Balaban J connectivity index is 1.22. The van der Waals surface area contributed by atoms with E-state index < -0.39 is 10.0 Å². The molecule has 0 aliphatic carbocycles. The molecule has 3 heterocycles. The number of aromatic nitrogens is 1. The Morgan fingerprint density at radius 1 is 1.12 bits per heavy atom. The minimum Gasteiger partial charge on any atom is -0.302 e. The highest BCUT2D eigenvalue weighted by Crippen LogP contribution is 2.44. The second-order valence-corrected chi connectivity index (χ2v) is 12.8. The molecule has 0 unspecified atom stereocenters. The van der Waals surface area contributed by atoms with Gasteiger partial charge in [0.1, 0.15) is 0 Å². The van der Waals surface area contributed by atoms with E-state index in [2.05, 4.69) is 17.4 Å². The predicted octanol–water partition coefficient (Wildman–Crippen LogP) is 5.18. The fraction of sp³-hybridized carbons (Fsp3) is 0.304. The van der Waals surface area contributed by atoms with Gasteiger partial charge in [0.2, 0.25) is 15.9 Å². The van der Waals surface area contributed by atoms with E-state index in [1.807, 2.05) is 30.5 Å². The van der Waals surface area contributed by atoms with Gasteiger partial charge in [0, 0.05) is 45.0 Å². The summed E-state index contributed by atoms with van der Waals surface area (Å²) in [6.07, 6.45) is 2.95. The maximum absolute atomic E-state index is 13.0. The molecule has 5 rings (SSSR count). The number of nitrogens with one attached hydrogen (secondary N) is 1. The number of carbonyl (C=O) groups is 1. The Hall–Kier alpha value is -1.85. The fourth-order valence-electron chi connectivity index (χ4n) is 4.11. The number of sulfonamides is 1. The average Bonchev–Trinajstić information content (AvgIpc) is 3.27. The summed E-state index contributed by atoms with van der Waals surface area (Å²) in [7, 11) is -3.55. The fourth-order valence-corrected chi connectivity index (χ4v) is 8.09. The molecule has 33 heavy (non-hydrogen) atoms. The second kappa shape index (κ2) is 9.42. The van der Waals surface area contributed by atoms with Crippen molar-refractivity contribution in [3.05, 3.63) is 53.4 Å². The van der Waals surface area contributed by atoms with Crippen molar-refractivity contribution in [1.82, 2.24) is 9.29 Å². The summed E-state index contributed by atoms with van der Waals surface area (Å²) in [6.45, 7) is 0.673. The molecule has 1 aromatic heterocycles. The van der Waals surface area contributed by atoms with Crippen LogP contribution in [0.5, 0.6) is 0 Å². The topological polar surface area (TPSA) is 79.4 Å². The molecule has 1 fully saturated rings. The molecule has 10 heteroatoms. The second-order valence-electron chi connectivity index (χ2n) is 7.92. The molecule has 1 N–H and O–H groups in total. The van der Waals surface area contributed by atoms with Crippen molar-refractivity contribution in [2.75, 3.05) is 24.7 Å². The molecular formula is C23H23N3O3S4. The van der Waals surface area contributed by atoms with Crippen molar-refractivity contribution in [1.29, 1.82) is 0 Å². The maximum atomic E-state index is 13.0. The van der Waals surface area contributed by atoms with E-state index in [0.717, 1.165) is 21.9 Å². The number of rotatable bonds is 5. The zero-order valence-corrected chi connectivity index (χ0v) is 21.2. The lowest BCUT2D eigenvalue weighted by Gasteiger charge is -2.30. The monoisotopic (exact) mass is 517 g/mol. The third-order valence-corrected chi connectivity index (χ3v) is 10.9. The zero-order chi connectivity index (χ0) is 23.0. The van der Waals surface area contributed by atoms with Crippen LogP contribution in [-0.4, -0.2) is 43.0 Å². The zero-order valence-electron chi connectivity index (χ0n) is 18.0. The molecule has 1 amide bonds. The summed E-state index contributed by atoms with van der Waals surface area (Å²) in [6, 6.07) is 15.1. The first-order valence-corrected chi connectivity index (χ1v) is 15.1. The van der Waals surface area contributed by atoms with Crippen molar-refractivity contribution in [3.8, 4) is 11.3 Å². The van der Waals surface area contributed by atoms with E-state index in [1.54, 1.807) is 35.7 Å². The highest BCUT2D eigenvalue weighted by Gasteiger charge is 2.32. The van der Waals surface area contributed by atoms with Gasteiger partial charge in [-0.25, -0.2) is 13.4 Å².